The molecule has 0 unspecified atom stereocenters. The first-order chi connectivity index (χ1) is 15.4. The number of aromatic nitrogens is 6. The van der Waals surface area contributed by atoms with Crippen LogP contribution < -0.4 is 0 Å². The average Bonchev–Trinajstić information content (AvgIpc) is 3.51. The quantitative estimate of drug-likeness (QED) is 0.362. The fraction of sp³-hybridized carbons (Fsp3) is 0.333. The minimum atomic E-state index is -0.242. The van der Waals surface area contributed by atoms with Gasteiger partial charge in [0.25, 0.3) is 0 Å². The SMILES string of the molecule is Cc1nn(-c2cc(Cc3c(C)c(-c4ccc(F)cc4)nn3CC3CC3)ncn2)c(C)c1Br. The molecule has 0 radical (unpaired) electrons. The Morgan fingerprint density at radius 3 is 2.47 bits per heavy atom. The van der Waals surface area contributed by atoms with E-state index in [2.05, 4.69) is 42.6 Å². The van der Waals surface area contributed by atoms with Gasteiger partial charge in [-0.2, -0.15) is 10.2 Å². The van der Waals surface area contributed by atoms with Crippen LogP contribution in [0, 0.1) is 32.5 Å². The van der Waals surface area contributed by atoms with Gasteiger partial charge in [-0.1, -0.05) is 0 Å². The summed E-state index contributed by atoms with van der Waals surface area (Å²) in [5.74, 6) is 1.18. The minimum Gasteiger partial charge on any atom is -0.268 e. The number of hydrogen-bond acceptors (Lipinski definition) is 4. The molecule has 3 heterocycles. The highest BCUT2D eigenvalue weighted by Gasteiger charge is 2.25. The second-order valence-electron chi connectivity index (χ2n) is 8.49. The molecule has 0 spiro atoms. The van der Waals surface area contributed by atoms with Crippen molar-refractivity contribution < 1.29 is 4.39 Å². The number of nitrogens with zero attached hydrogens (tertiary/aromatic N) is 6. The Hall–Kier alpha value is -2.87. The lowest BCUT2D eigenvalue weighted by molar-refractivity contribution is 0.544. The highest BCUT2D eigenvalue weighted by molar-refractivity contribution is 9.10. The third-order valence-corrected chi connectivity index (χ3v) is 7.19. The van der Waals surface area contributed by atoms with Crippen molar-refractivity contribution in [2.75, 3.05) is 0 Å². The molecule has 0 amide bonds. The fourth-order valence-corrected chi connectivity index (χ4v) is 4.25. The number of benzene rings is 1. The molecule has 0 bridgehead atoms. The molecule has 1 fully saturated rings. The smallest absolute Gasteiger partial charge is 0.157 e. The summed E-state index contributed by atoms with van der Waals surface area (Å²) in [6.07, 6.45) is 4.72. The lowest BCUT2D eigenvalue weighted by Crippen LogP contribution is -2.10. The average molecular weight is 495 g/mol. The van der Waals surface area contributed by atoms with Crippen molar-refractivity contribution in [2.24, 2.45) is 5.92 Å². The van der Waals surface area contributed by atoms with E-state index in [1.165, 1.54) is 25.0 Å². The molecule has 32 heavy (non-hydrogen) atoms. The maximum atomic E-state index is 13.4. The molecule has 5 rings (SSSR count). The lowest BCUT2D eigenvalue weighted by atomic mass is 10.0. The molecule has 6 nitrogen and oxygen atoms in total. The van der Waals surface area contributed by atoms with Crippen LogP contribution in [0.3, 0.4) is 0 Å². The largest absolute Gasteiger partial charge is 0.268 e. The van der Waals surface area contributed by atoms with Gasteiger partial charge in [0.2, 0.25) is 0 Å². The van der Waals surface area contributed by atoms with Crippen molar-refractivity contribution in [3.63, 3.8) is 0 Å². The van der Waals surface area contributed by atoms with Crippen molar-refractivity contribution in [3.05, 3.63) is 75.3 Å². The number of hydrogen-bond donors (Lipinski definition) is 0. The van der Waals surface area contributed by atoms with E-state index in [0.29, 0.717) is 12.3 Å². The number of rotatable bonds is 6. The van der Waals surface area contributed by atoms with Gasteiger partial charge >= 0.3 is 0 Å². The van der Waals surface area contributed by atoms with Crippen molar-refractivity contribution in [1.82, 2.24) is 29.5 Å². The topological polar surface area (TPSA) is 61.4 Å². The highest BCUT2D eigenvalue weighted by Crippen LogP contribution is 2.33. The first-order valence-electron chi connectivity index (χ1n) is 10.8. The van der Waals surface area contributed by atoms with Crippen molar-refractivity contribution in [1.29, 1.82) is 0 Å². The van der Waals surface area contributed by atoms with E-state index in [0.717, 1.165) is 56.4 Å². The second-order valence-corrected chi connectivity index (χ2v) is 9.29. The molecule has 0 saturated heterocycles. The molecule has 1 aliphatic carbocycles. The van der Waals surface area contributed by atoms with Crippen LogP contribution in [0.15, 0.2) is 41.1 Å². The van der Waals surface area contributed by atoms with Crippen LogP contribution in [0.1, 0.15) is 41.2 Å². The molecule has 8 heteroatoms. The van der Waals surface area contributed by atoms with Crippen LogP contribution in [-0.2, 0) is 13.0 Å². The van der Waals surface area contributed by atoms with Crippen molar-refractivity contribution in [2.45, 2.75) is 46.6 Å². The van der Waals surface area contributed by atoms with E-state index in [-0.39, 0.29) is 5.82 Å². The molecule has 1 aliphatic rings. The maximum absolute atomic E-state index is 13.4. The molecule has 1 aromatic carbocycles. The summed E-state index contributed by atoms with van der Waals surface area (Å²) in [5, 5.41) is 9.52. The number of halogens is 2. The van der Waals surface area contributed by atoms with E-state index in [1.54, 1.807) is 18.5 Å². The fourth-order valence-electron chi connectivity index (χ4n) is 4.00. The zero-order chi connectivity index (χ0) is 22.4. The van der Waals surface area contributed by atoms with Gasteiger partial charge in [0.15, 0.2) is 5.82 Å². The van der Waals surface area contributed by atoms with Gasteiger partial charge in [0, 0.05) is 30.3 Å². The van der Waals surface area contributed by atoms with Gasteiger partial charge in [-0.15, -0.1) is 0 Å². The van der Waals surface area contributed by atoms with Gasteiger partial charge in [0.05, 0.1) is 27.2 Å². The second kappa shape index (κ2) is 8.24. The standard InChI is InChI=1S/C24H24BrFN6/c1-14-21(10-20-11-22(28-13-27-20)32-16(3)23(25)15(2)29-32)31(12-17-4-5-17)30-24(14)18-6-8-19(26)9-7-18/h6-9,11,13,17H,4-5,10,12H2,1-3H3. The molecule has 1 saturated carbocycles. The predicted octanol–water partition coefficient (Wildman–Crippen LogP) is 5.35. The Balaban J connectivity index is 1.52. The first-order valence-corrected chi connectivity index (χ1v) is 11.5. The van der Waals surface area contributed by atoms with Gasteiger partial charge in [-0.25, -0.2) is 19.0 Å². The van der Waals surface area contributed by atoms with E-state index in [9.17, 15) is 4.39 Å². The predicted molar refractivity (Wildman–Crippen MR) is 124 cm³/mol. The Morgan fingerprint density at radius 1 is 1.06 bits per heavy atom. The summed E-state index contributed by atoms with van der Waals surface area (Å²) >= 11 is 3.58. The first kappa shape index (κ1) is 21.0. The third kappa shape index (κ3) is 3.99. The summed E-state index contributed by atoms with van der Waals surface area (Å²) in [4.78, 5) is 8.98. The molecule has 0 N–H and O–H groups in total. The monoisotopic (exact) mass is 494 g/mol. The van der Waals surface area contributed by atoms with Crippen LogP contribution in [0.25, 0.3) is 17.1 Å². The summed E-state index contributed by atoms with van der Waals surface area (Å²) in [7, 11) is 0. The Bertz CT molecular complexity index is 1290. The Morgan fingerprint density at radius 2 is 1.81 bits per heavy atom. The van der Waals surface area contributed by atoms with Gasteiger partial charge in [-0.3, -0.25) is 4.68 Å². The van der Waals surface area contributed by atoms with Gasteiger partial charge in [-0.05, 0) is 85.3 Å². The summed E-state index contributed by atoms with van der Waals surface area (Å²) < 4.78 is 18.4. The van der Waals surface area contributed by atoms with Crippen LogP contribution in [0.4, 0.5) is 4.39 Å². The molecule has 4 aromatic rings. The Kier molecular flexibility index (Phi) is 5.41. The van der Waals surface area contributed by atoms with E-state index < -0.39 is 0 Å². The van der Waals surface area contributed by atoms with Crippen LogP contribution in [0.5, 0.6) is 0 Å². The molecule has 3 aromatic heterocycles. The normalized spacial score (nSPS) is 13.7. The third-order valence-electron chi connectivity index (χ3n) is 6.04. The molecule has 0 aliphatic heterocycles. The summed E-state index contributed by atoms with van der Waals surface area (Å²) in [6, 6.07) is 8.53. The molecule has 0 atom stereocenters. The summed E-state index contributed by atoms with van der Waals surface area (Å²) in [6.45, 7) is 6.96. The van der Waals surface area contributed by atoms with Crippen LogP contribution >= 0.6 is 15.9 Å². The maximum Gasteiger partial charge on any atom is 0.157 e. The minimum absolute atomic E-state index is 0.242. The van der Waals surface area contributed by atoms with Crippen LogP contribution in [-0.4, -0.2) is 29.5 Å². The lowest BCUT2D eigenvalue weighted by Gasteiger charge is -2.09. The molecular formula is C24H24BrFN6. The van der Waals surface area contributed by atoms with Gasteiger partial charge < -0.3 is 0 Å². The van der Waals surface area contributed by atoms with Crippen molar-refractivity contribution in [3.8, 4) is 17.1 Å². The highest BCUT2D eigenvalue weighted by atomic mass is 79.9. The van der Waals surface area contributed by atoms with Crippen molar-refractivity contribution >= 4 is 15.9 Å². The Labute approximate surface area is 194 Å². The van der Waals surface area contributed by atoms with E-state index >= 15 is 0 Å². The van der Waals surface area contributed by atoms with Crippen LogP contribution in [0.2, 0.25) is 0 Å². The van der Waals surface area contributed by atoms with Gasteiger partial charge in [0.1, 0.15) is 12.1 Å². The summed E-state index contributed by atoms with van der Waals surface area (Å²) in [5.41, 5.74) is 6.89. The zero-order valence-electron chi connectivity index (χ0n) is 18.3. The van der Waals surface area contributed by atoms with E-state index in [1.807, 2.05) is 24.6 Å². The number of aryl methyl sites for hydroxylation is 1. The van der Waals surface area contributed by atoms with E-state index in [4.69, 9.17) is 5.10 Å². The molecular weight excluding hydrogens is 471 g/mol. The zero-order valence-corrected chi connectivity index (χ0v) is 19.9. The molecule has 164 valence electrons.